The van der Waals surface area contributed by atoms with E-state index in [1.54, 1.807) is 18.3 Å². The lowest BCUT2D eigenvalue weighted by molar-refractivity contribution is 0.179. The highest BCUT2D eigenvalue weighted by atomic mass is 19.1. The summed E-state index contributed by atoms with van der Waals surface area (Å²) in [7, 11) is 1.51. The van der Waals surface area contributed by atoms with Crippen molar-refractivity contribution in [2.75, 3.05) is 13.7 Å². The zero-order valence-electron chi connectivity index (χ0n) is 9.98. The van der Waals surface area contributed by atoms with E-state index in [0.717, 1.165) is 0 Å². The van der Waals surface area contributed by atoms with Crippen molar-refractivity contribution < 1.29 is 9.13 Å². The van der Waals surface area contributed by atoms with Crippen LogP contribution in [0.5, 0.6) is 5.75 Å². The summed E-state index contributed by atoms with van der Waals surface area (Å²) in [6, 6.07) is 3.44. The molecule has 0 amide bonds. The van der Waals surface area contributed by atoms with Gasteiger partial charge in [-0.15, -0.1) is 0 Å². The number of halogens is 1. The van der Waals surface area contributed by atoms with Crippen molar-refractivity contribution in [3.8, 4) is 5.75 Å². The zero-order valence-corrected chi connectivity index (χ0v) is 9.98. The lowest BCUT2D eigenvalue weighted by atomic mass is 9.89. The van der Waals surface area contributed by atoms with E-state index in [9.17, 15) is 4.39 Å². The summed E-state index contributed by atoms with van der Waals surface area (Å²) < 4.78 is 19.4. The number of ether oxygens (including phenoxy) is 1. The van der Waals surface area contributed by atoms with Crippen LogP contribution in [0.4, 0.5) is 4.39 Å². The number of hydrogen-bond donors (Lipinski definition) is 1. The van der Waals surface area contributed by atoms with E-state index >= 15 is 0 Å². The first-order chi connectivity index (χ1) is 7.61. The van der Waals surface area contributed by atoms with Crippen LogP contribution in [-0.2, 0) is 0 Å². The van der Waals surface area contributed by atoms with Crippen molar-refractivity contribution >= 4 is 0 Å². The number of hydrogen-bond acceptors (Lipinski definition) is 3. The van der Waals surface area contributed by atoms with Crippen LogP contribution in [0, 0.1) is 11.8 Å². The molecule has 3 nitrogen and oxygen atoms in total. The molecule has 0 aromatic carbocycles. The Morgan fingerprint density at radius 2 is 2.19 bits per heavy atom. The molecule has 0 saturated heterocycles. The smallest absolute Gasteiger partial charge is 0.150 e. The van der Waals surface area contributed by atoms with E-state index in [4.69, 9.17) is 10.5 Å². The fourth-order valence-electron chi connectivity index (χ4n) is 1.71. The topological polar surface area (TPSA) is 48.1 Å². The molecule has 0 fully saturated rings. The molecular formula is C12H19FN2O. The summed E-state index contributed by atoms with van der Waals surface area (Å²) in [5.41, 5.74) is 5.94. The van der Waals surface area contributed by atoms with Crippen molar-refractivity contribution in [2.24, 2.45) is 17.6 Å². The van der Waals surface area contributed by atoms with Gasteiger partial charge in [0.1, 0.15) is 17.6 Å². The van der Waals surface area contributed by atoms with Crippen molar-refractivity contribution in [3.63, 3.8) is 0 Å². The predicted molar refractivity (Wildman–Crippen MR) is 62.0 cm³/mol. The highest BCUT2D eigenvalue weighted by Gasteiger charge is 2.28. The third kappa shape index (κ3) is 2.70. The summed E-state index contributed by atoms with van der Waals surface area (Å²) >= 11 is 0. The highest BCUT2D eigenvalue weighted by Crippen LogP contribution is 2.34. The fraction of sp³-hybridized carbons (Fsp3) is 0.583. The van der Waals surface area contributed by atoms with Crippen molar-refractivity contribution in [1.82, 2.24) is 4.98 Å². The second kappa shape index (κ2) is 5.80. The van der Waals surface area contributed by atoms with Gasteiger partial charge < -0.3 is 10.5 Å². The zero-order chi connectivity index (χ0) is 12.1. The molecule has 16 heavy (non-hydrogen) atoms. The van der Waals surface area contributed by atoms with Crippen LogP contribution >= 0.6 is 0 Å². The quantitative estimate of drug-likeness (QED) is 0.838. The number of pyridine rings is 1. The molecule has 4 heteroatoms. The maximum absolute atomic E-state index is 14.3. The first kappa shape index (κ1) is 12.9. The molecule has 0 radical (unpaired) electrons. The van der Waals surface area contributed by atoms with E-state index in [-0.39, 0.29) is 11.8 Å². The summed E-state index contributed by atoms with van der Waals surface area (Å²) in [5.74, 6) is 0.421. The van der Waals surface area contributed by atoms with Crippen LogP contribution in [0.25, 0.3) is 0 Å². The Kier molecular flexibility index (Phi) is 4.68. The molecule has 0 spiro atoms. The van der Waals surface area contributed by atoms with Gasteiger partial charge in [0, 0.05) is 12.1 Å². The van der Waals surface area contributed by atoms with Crippen LogP contribution in [0.3, 0.4) is 0 Å². The maximum Gasteiger partial charge on any atom is 0.150 e. The molecule has 0 bridgehead atoms. The summed E-state index contributed by atoms with van der Waals surface area (Å²) in [6.07, 6.45) is 0.388. The molecule has 0 aliphatic rings. The van der Waals surface area contributed by atoms with E-state index in [1.807, 2.05) is 13.8 Å². The molecule has 2 unspecified atom stereocenters. The van der Waals surface area contributed by atoms with E-state index < -0.39 is 6.17 Å². The van der Waals surface area contributed by atoms with Gasteiger partial charge in [-0.1, -0.05) is 13.8 Å². The van der Waals surface area contributed by atoms with Gasteiger partial charge in [0.15, 0.2) is 0 Å². The van der Waals surface area contributed by atoms with Gasteiger partial charge in [-0.2, -0.15) is 0 Å². The molecule has 2 N–H and O–H groups in total. The van der Waals surface area contributed by atoms with Gasteiger partial charge >= 0.3 is 0 Å². The first-order valence-corrected chi connectivity index (χ1v) is 5.44. The Morgan fingerprint density at radius 1 is 1.50 bits per heavy atom. The lowest BCUT2D eigenvalue weighted by Gasteiger charge is -2.23. The summed E-state index contributed by atoms with van der Waals surface area (Å²) in [5, 5.41) is 0. The number of rotatable bonds is 5. The molecule has 1 rings (SSSR count). The molecule has 0 aliphatic carbocycles. The highest BCUT2D eigenvalue weighted by molar-refractivity contribution is 5.29. The van der Waals surface area contributed by atoms with E-state index in [2.05, 4.69) is 4.98 Å². The number of nitrogens with two attached hydrogens (primary N) is 1. The molecule has 1 aromatic rings. The Labute approximate surface area is 95.8 Å². The fourth-order valence-corrected chi connectivity index (χ4v) is 1.71. The molecule has 0 saturated carbocycles. The van der Waals surface area contributed by atoms with E-state index in [0.29, 0.717) is 18.0 Å². The monoisotopic (exact) mass is 226 g/mol. The second-order valence-corrected chi connectivity index (χ2v) is 4.14. The minimum absolute atomic E-state index is 0.173. The van der Waals surface area contributed by atoms with Crippen LogP contribution in [-0.4, -0.2) is 18.6 Å². The van der Waals surface area contributed by atoms with Gasteiger partial charge in [0.2, 0.25) is 0 Å². The minimum atomic E-state index is -1.18. The molecular weight excluding hydrogens is 207 g/mol. The Hall–Kier alpha value is -1.16. The molecule has 1 heterocycles. The number of methoxy groups -OCH3 is 1. The largest absolute Gasteiger partial charge is 0.495 e. The van der Waals surface area contributed by atoms with Gasteiger partial charge in [-0.25, -0.2) is 4.39 Å². The van der Waals surface area contributed by atoms with Crippen LogP contribution in [0.1, 0.15) is 25.7 Å². The van der Waals surface area contributed by atoms with Crippen LogP contribution < -0.4 is 10.5 Å². The van der Waals surface area contributed by atoms with Gasteiger partial charge in [-0.3, -0.25) is 4.98 Å². The Balaban J connectivity index is 2.98. The van der Waals surface area contributed by atoms with Crippen LogP contribution in [0.2, 0.25) is 0 Å². The second-order valence-electron chi connectivity index (χ2n) is 4.14. The van der Waals surface area contributed by atoms with Crippen molar-refractivity contribution in [2.45, 2.75) is 20.0 Å². The molecule has 90 valence electrons. The lowest BCUT2D eigenvalue weighted by Crippen LogP contribution is -2.25. The maximum atomic E-state index is 14.3. The molecule has 1 aromatic heterocycles. The predicted octanol–water partition coefficient (Wildman–Crippen LogP) is 2.33. The van der Waals surface area contributed by atoms with Crippen LogP contribution in [0.15, 0.2) is 18.3 Å². The standard InChI is InChI=1S/C12H19FN2O/c1-8(2)9(7-14)11(13)12-10(16-3)5-4-6-15-12/h4-6,8-9,11H,7,14H2,1-3H3. The number of alkyl halides is 1. The average molecular weight is 226 g/mol. The summed E-state index contributed by atoms with van der Waals surface area (Å²) in [4.78, 5) is 4.05. The van der Waals surface area contributed by atoms with Gasteiger partial charge in [0.05, 0.1) is 7.11 Å². The van der Waals surface area contributed by atoms with Crippen molar-refractivity contribution in [3.05, 3.63) is 24.0 Å². The molecule has 0 aliphatic heterocycles. The Morgan fingerprint density at radius 3 is 2.69 bits per heavy atom. The summed E-state index contributed by atoms with van der Waals surface area (Å²) in [6.45, 7) is 4.22. The SMILES string of the molecule is COc1cccnc1C(F)C(CN)C(C)C. The Bertz CT molecular complexity index is 331. The first-order valence-electron chi connectivity index (χ1n) is 5.44. The molecule has 2 atom stereocenters. The average Bonchev–Trinajstić information content (AvgIpc) is 2.29. The van der Waals surface area contributed by atoms with Gasteiger partial charge in [-0.05, 0) is 24.6 Å². The number of nitrogens with zero attached hydrogens (tertiary/aromatic N) is 1. The van der Waals surface area contributed by atoms with Gasteiger partial charge in [0.25, 0.3) is 0 Å². The number of aromatic nitrogens is 1. The normalized spacial score (nSPS) is 14.9. The van der Waals surface area contributed by atoms with E-state index in [1.165, 1.54) is 7.11 Å². The minimum Gasteiger partial charge on any atom is -0.495 e. The third-order valence-electron chi connectivity index (χ3n) is 2.79. The third-order valence-corrected chi connectivity index (χ3v) is 2.79. The van der Waals surface area contributed by atoms with Crippen molar-refractivity contribution in [1.29, 1.82) is 0 Å².